The number of anilines is 1. The zero-order valence-corrected chi connectivity index (χ0v) is 17.0. The van der Waals surface area contributed by atoms with Crippen LogP contribution < -0.4 is 10.3 Å². The smallest absolute Gasteiger partial charge is 0.354 e. The number of pyridine rings is 1. The van der Waals surface area contributed by atoms with E-state index in [1.54, 1.807) is 29.0 Å². The number of rotatable bonds is 7. The van der Waals surface area contributed by atoms with Gasteiger partial charge in [-0.05, 0) is 36.8 Å². The van der Waals surface area contributed by atoms with Crippen molar-refractivity contribution in [2.75, 3.05) is 11.6 Å². The number of nitrogens with zero attached hydrogens (tertiary/aromatic N) is 5. The highest BCUT2D eigenvalue weighted by Crippen LogP contribution is 2.25. The lowest BCUT2D eigenvalue weighted by Gasteiger charge is -2.22. The number of para-hydroxylation sites is 1. The molecule has 3 aromatic rings. The van der Waals surface area contributed by atoms with Crippen LogP contribution in [-0.4, -0.2) is 45.0 Å². The van der Waals surface area contributed by atoms with Crippen LogP contribution in [-0.2, 0) is 20.9 Å². The quantitative estimate of drug-likeness (QED) is 0.590. The number of ether oxygens (including phenoxy) is 1. The Labute approximate surface area is 179 Å². The summed E-state index contributed by atoms with van der Waals surface area (Å²) in [7, 11) is 0. The van der Waals surface area contributed by atoms with Crippen molar-refractivity contribution in [3.05, 3.63) is 72.7 Å². The predicted octanol–water partition coefficient (Wildman–Crippen LogP) is 2.08. The van der Waals surface area contributed by atoms with E-state index in [1.807, 2.05) is 54.7 Å². The molecule has 4 rings (SSSR count). The summed E-state index contributed by atoms with van der Waals surface area (Å²) in [6, 6.07) is 14.2. The molecule has 0 saturated heterocycles. The largest absolute Gasteiger partial charge is 0.461 e. The first kappa shape index (κ1) is 20.3. The molecule has 1 unspecified atom stereocenters. The Morgan fingerprint density at radius 2 is 2.00 bits per heavy atom. The molecule has 1 aromatic carbocycles. The van der Waals surface area contributed by atoms with Gasteiger partial charge in [0.2, 0.25) is 5.91 Å². The van der Waals surface area contributed by atoms with Crippen LogP contribution in [0, 0.1) is 0 Å². The Morgan fingerprint density at radius 1 is 1.16 bits per heavy atom. The maximum absolute atomic E-state index is 13.0. The van der Waals surface area contributed by atoms with Gasteiger partial charge in [-0.15, -0.1) is 0 Å². The van der Waals surface area contributed by atoms with Gasteiger partial charge in [-0.3, -0.25) is 9.80 Å². The second-order valence-corrected chi connectivity index (χ2v) is 6.86. The molecule has 0 radical (unpaired) electrons. The zero-order chi connectivity index (χ0) is 21.6. The van der Waals surface area contributed by atoms with Gasteiger partial charge in [0.25, 0.3) is 0 Å². The zero-order valence-electron chi connectivity index (χ0n) is 17.0. The molecular weight excluding hydrogens is 396 g/mol. The van der Waals surface area contributed by atoms with Crippen LogP contribution in [0.4, 0.5) is 5.69 Å². The van der Waals surface area contributed by atoms with Gasteiger partial charge in [-0.1, -0.05) is 24.3 Å². The van der Waals surface area contributed by atoms with E-state index in [-0.39, 0.29) is 24.6 Å². The molecule has 0 saturated carbocycles. The van der Waals surface area contributed by atoms with E-state index < -0.39 is 12.0 Å². The number of nitrogens with one attached hydrogen (secondary N) is 1. The number of carbonyl (C=O) groups is 2. The molecule has 1 N–H and O–H groups in total. The van der Waals surface area contributed by atoms with Gasteiger partial charge in [0.15, 0.2) is 5.82 Å². The Hall–Kier alpha value is -4.01. The molecule has 1 aliphatic rings. The highest BCUT2D eigenvalue weighted by molar-refractivity contribution is 6.38. The van der Waals surface area contributed by atoms with Crippen molar-refractivity contribution in [2.45, 2.75) is 25.9 Å². The maximum atomic E-state index is 13.0. The highest BCUT2D eigenvalue weighted by Gasteiger charge is 2.36. The molecule has 3 heterocycles. The van der Waals surface area contributed by atoms with E-state index in [0.29, 0.717) is 12.4 Å². The van der Waals surface area contributed by atoms with Gasteiger partial charge in [-0.2, -0.15) is 10.2 Å². The summed E-state index contributed by atoms with van der Waals surface area (Å²) in [5.41, 5.74) is 1.81. The highest BCUT2D eigenvalue weighted by atomic mass is 16.5. The van der Waals surface area contributed by atoms with Gasteiger partial charge in [0.05, 0.1) is 12.3 Å². The molecule has 0 bridgehead atoms. The average molecular weight is 418 g/mol. The van der Waals surface area contributed by atoms with Crippen molar-refractivity contribution < 1.29 is 14.3 Å². The number of esters is 1. The summed E-state index contributed by atoms with van der Waals surface area (Å²) in [5.74, 6) is -0.0428. The molecule has 1 atom stereocenters. The molecule has 1 amide bonds. The summed E-state index contributed by atoms with van der Waals surface area (Å²) < 4.78 is 6.73. The minimum absolute atomic E-state index is 0.177. The molecule has 0 aliphatic carbocycles. The number of hydrogen-bond acceptors (Lipinski definition) is 7. The molecule has 0 fully saturated rings. The average Bonchev–Trinajstić information content (AvgIpc) is 3.49. The van der Waals surface area contributed by atoms with Gasteiger partial charge < -0.3 is 10.1 Å². The van der Waals surface area contributed by atoms with Gasteiger partial charge in [-0.25, -0.2) is 14.5 Å². The predicted molar refractivity (Wildman–Crippen MR) is 115 cm³/mol. The van der Waals surface area contributed by atoms with Crippen LogP contribution in [0.15, 0.2) is 72.2 Å². The van der Waals surface area contributed by atoms with Crippen molar-refractivity contribution >= 4 is 23.3 Å². The third-order valence-electron chi connectivity index (χ3n) is 4.76. The Balaban J connectivity index is 1.44. The minimum atomic E-state index is -0.641. The third kappa shape index (κ3) is 4.61. The number of benzene rings is 1. The maximum Gasteiger partial charge on any atom is 0.354 e. The van der Waals surface area contributed by atoms with Crippen LogP contribution in [0.3, 0.4) is 0 Å². The van der Waals surface area contributed by atoms with Crippen LogP contribution in [0.5, 0.6) is 0 Å². The summed E-state index contributed by atoms with van der Waals surface area (Å²) >= 11 is 0. The van der Waals surface area contributed by atoms with E-state index in [0.717, 1.165) is 11.3 Å². The second-order valence-electron chi connectivity index (χ2n) is 6.86. The van der Waals surface area contributed by atoms with E-state index >= 15 is 0 Å². The summed E-state index contributed by atoms with van der Waals surface area (Å²) in [6.07, 6.45) is 5.36. The van der Waals surface area contributed by atoms with E-state index in [4.69, 9.17) is 4.74 Å². The standard InChI is InChI=1S/C22H22N6O3/c1-2-31-22(30)18-13-19(28(26-18)17-7-4-3-5-8-17)21(29)24-15-16-9-10-20(23-14-16)27-12-6-11-25-27/h3-12,14,19H,2,13,15H2,1H3,(H,24,29). The fourth-order valence-corrected chi connectivity index (χ4v) is 3.24. The first-order valence-corrected chi connectivity index (χ1v) is 9.97. The third-order valence-corrected chi connectivity index (χ3v) is 4.76. The minimum Gasteiger partial charge on any atom is -0.461 e. The fraction of sp³-hybridized carbons (Fsp3) is 0.227. The number of amides is 1. The van der Waals surface area contributed by atoms with Crippen molar-refractivity contribution in [3.63, 3.8) is 0 Å². The summed E-state index contributed by atoms with van der Waals surface area (Å²) in [4.78, 5) is 29.5. The van der Waals surface area contributed by atoms with Crippen LogP contribution in [0.25, 0.3) is 5.82 Å². The Morgan fingerprint density at radius 3 is 2.68 bits per heavy atom. The Kier molecular flexibility index (Phi) is 6.02. The molecule has 9 heteroatoms. The van der Waals surface area contributed by atoms with Crippen LogP contribution in [0.2, 0.25) is 0 Å². The van der Waals surface area contributed by atoms with Crippen LogP contribution in [0.1, 0.15) is 18.9 Å². The monoisotopic (exact) mass is 418 g/mol. The molecule has 158 valence electrons. The van der Waals surface area contributed by atoms with Gasteiger partial charge >= 0.3 is 5.97 Å². The lowest BCUT2D eigenvalue weighted by Crippen LogP contribution is -2.42. The Bertz CT molecular complexity index is 1060. The van der Waals surface area contributed by atoms with E-state index in [2.05, 4.69) is 20.5 Å². The lowest BCUT2D eigenvalue weighted by atomic mass is 10.1. The number of hydrazone groups is 1. The summed E-state index contributed by atoms with van der Waals surface area (Å²) in [5, 5.41) is 13.0. The molecule has 1 aliphatic heterocycles. The van der Waals surface area contributed by atoms with Crippen molar-refractivity contribution in [3.8, 4) is 5.82 Å². The lowest BCUT2D eigenvalue weighted by molar-refractivity contribution is -0.135. The molecule has 2 aromatic heterocycles. The first-order chi connectivity index (χ1) is 15.2. The molecular formula is C22H22N6O3. The summed E-state index contributed by atoms with van der Waals surface area (Å²) in [6.45, 7) is 2.29. The van der Waals surface area contributed by atoms with Crippen LogP contribution >= 0.6 is 0 Å². The number of hydrogen-bond donors (Lipinski definition) is 1. The van der Waals surface area contributed by atoms with Gasteiger partial charge in [0, 0.05) is 31.6 Å². The van der Waals surface area contributed by atoms with Crippen molar-refractivity contribution in [1.82, 2.24) is 20.1 Å². The van der Waals surface area contributed by atoms with E-state index in [1.165, 1.54) is 0 Å². The molecule has 9 nitrogen and oxygen atoms in total. The van der Waals surface area contributed by atoms with Gasteiger partial charge in [0.1, 0.15) is 11.8 Å². The number of carbonyl (C=O) groups excluding carboxylic acids is 2. The topological polar surface area (TPSA) is 102 Å². The first-order valence-electron chi connectivity index (χ1n) is 9.97. The number of aromatic nitrogens is 3. The molecule has 31 heavy (non-hydrogen) atoms. The van der Waals surface area contributed by atoms with Crippen molar-refractivity contribution in [2.24, 2.45) is 5.10 Å². The van der Waals surface area contributed by atoms with E-state index in [9.17, 15) is 9.59 Å². The fourth-order valence-electron chi connectivity index (χ4n) is 3.24. The second kappa shape index (κ2) is 9.21. The SMILES string of the molecule is CCOC(=O)C1=NN(c2ccccc2)C(C(=O)NCc2ccc(-n3cccn3)nc2)C1. The normalized spacial score (nSPS) is 15.5. The molecule has 0 spiro atoms. The van der Waals surface area contributed by atoms with Crippen molar-refractivity contribution in [1.29, 1.82) is 0 Å².